The number of nitrogens with one attached hydrogen (secondary N) is 1. The minimum atomic E-state index is -4.88. The van der Waals surface area contributed by atoms with Crippen molar-refractivity contribution in [2.24, 2.45) is 5.16 Å². The third-order valence-corrected chi connectivity index (χ3v) is 5.81. The lowest BCUT2D eigenvalue weighted by Crippen LogP contribution is -2.42. The molecule has 1 unspecified atom stereocenters. The first-order valence-electron chi connectivity index (χ1n) is 9.61. The van der Waals surface area contributed by atoms with Crippen LogP contribution < -0.4 is 5.32 Å². The molecule has 2 aromatic carbocycles. The molecule has 0 aliphatic carbocycles. The van der Waals surface area contributed by atoms with Crippen molar-refractivity contribution in [3.05, 3.63) is 68.2 Å². The topological polar surface area (TPSA) is 50.7 Å². The zero-order chi connectivity index (χ0) is 25.3. The minimum absolute atomic E-state index is 0.0155. The molecule has 4 nitrogen and oxygen atoms in total. The fourth-order valence-electron chi connectivity index (χ4n) is 3.27. The maximum absolute atomic E-state index is 14.1. The molecule has 1 N–H and O–H groups in total. The van der Waals surface area contributed by atoms with Crippen LogP contribution in [0.25, 0.3) is 0 Å². The van der Waals surface area contributed by atoms with Gasteiger partial charge in [0.15, 0.2) is 0 Å². The zero-order valence-corrected chi connectivity index (χ0v) is 19.2. The lowest BCUT2D eigenvalue weighted by atomic mass is 9.86. The van der Waals surface area contributed by atoms with Crippen molar-refractivity contribution in [1.82, 2.24) is 5.32 Å². The molecule has 34 heavy (non-hydrogen) atoms. The van der Waals surface area contributed by atoms with Crippen LogP contribution in [-0.4, -0.2) is 24.0 Å². The number of benzene rings is 2. The maximum Gasteiger partial charge on any atom is 0.435 e. The Morgan fingerprint density at radius 2 is 1.68 bits per heavy atom. The number of oxime groups is 1. The van der Waals surface area contributed by atoms with Gasteiger partial charge in [-0.05, 0) is 41.5 Å². The van der Waals surface area contributed by atoms with Gasteiger partial charge in [0.05, 0.1) is 12.1 Å². The standard InChI is InChI=1S/C21H15Cl3F6N2O2/c22-14-6-13(7-15(23)8-14)19(21(28,29)30)9-17(32-34-19)11-1-2-16(24)12(5-11)10-31-18(33)3-4-20(25,26)27/h1-2,5-8H,3-4,9-10H2,(H,31,33). The van der Waals surface area contributed by atoms with E-state index in [-0.39, 0.29) is 44.0 Å². The van der Waals surface area contributed by atoms with E-state index in [9.17, 15) is 31.1 Å². The molecule has 1 aliphatic rings. The van der Waals surface area contributed by atoms with Gasteiger partial charge < -0.3 is 10.2 Å². The Morgan fingerprint density at radius 3 is 2.26 bits per heavy atom. The van der Waals surface area contributed by atoms with E-state index >= 15 is 0 Å². The number of carbonyl (C=O) groups excluding carboxylic acids is 1. The molecule has 0 fully saturated rings. The number of rotatable bonds is 6. The summed E-state index contributed by atoms with van der Waals surface area (Å²) in [7, 11) is 0. The van der Waals surface area contributed by atoms with E-state index in [2.05, 4.69) is 10.5 Å². The van der Waals surface area contributed by atoms with Crippen LogP contribution in [0.15, 0.2) is 41.6 Å². The third kappa shape index (κ3) is 6.09. The van der Waals surface area contributed by atoms with E-state index in [0.29, 0.717) is 0 Å². The molecule has 3 rings (SSSR count). The van der Waals surface area contributed by atoms with Crippen LogP contribution in [0, 0.1) is 0 Å². The van der Waals surface area contributed by atoms with Crippen LogP contribution in [0.4, 0.5) is 26.3 Å². The first kappa shape index (κ1) is 26.4. The molecule has 0 bridgehead atoms. The normalized spacial score (nSPS) is 18.4. The number of carbonyl (C=O) groups is 1. The summed E-state index contributed by atoms with van der Waals surface area (Å²) in [5, 5.41) is 6.07. The van der Waals surface area contributed by atoms with Crippen molar-refractivity contribution in [3.63, 3.8) is 0 Å². The van der Waals surface area contributed by atoms with Gasteiger partial charge in [0.25, 0.3) is 5.60 Å². The molecule has 184 valence electrons. The van der Waals surface area contributed by atoms with Crippen molar-refractivity contribution in [2.45, 2.75) is 43.8 Å². The molecule has 0 saturated carbocycles. The fourth-order valence-corrected chi connectivity index (χ4v) is 3.98. The Bertz CT molecular complexity index is 1100. The number of hydrogen-bond donors (Lipinski definition) is 1. The predicted octanol–water partition coefficient (Wildman–Crippen LogP) is 7.19. The highest BCUT2D eigenvalue weighted by Crippen LogP contribution is 2.49. The number of amides is 1. The quantitative estimate of drug-likeness (QED) is 0.389. The van der Waals surface area contributed by atoms with Gasteiger partial charge in [0.2, 0.25) is 5.91 Å². The predicted molar refractivity (Wildman–Crippen MR) is 115 cm³/mol. The summed E-state index contributed by atoms with van der Waals surface area (Å²) >= 11 is 17.9. The van der Waals surface area contributed by atoms with E-state index in [4.69, 9.17) is 39.6 Å². The summed E-state index contributed by atoms with van der Waals surface area (Å²) in [6, 6.07) is 7.62. The Kier molecular flexibility index (Phi) is 7.64. The molecule has 0 radical (unpaired) electrons. The second kappa shape index (κ2) is 9.83. The molecule has 1 atom stereocenters. The zero-order valence-electron chi connectivity index (χ0n) is 17.0. The summed E-state index contributed by atoms with van der Waals surface area (Å²) in [4.78, 5) is 16.6. The first-order chi connectivity index (χ1) is 15.7. The maximum atomic E-state index is 14.1. The molecule has 0 aromatic heterocycles. The van der Waals surface area contributed by atoms with Crippen molar-refractivity contribution < 1.29 is 36.0 Å². The van der Waals surface area contributed by atoms with Crippen molar-refractivity contribution in [1.29, 1.82) is 0 Å². The van der Waals surface area contributed by atoms with Gasteiger partial charge >= 0.3 is 12.4 Å². The highest BCUT2D eigenvalue weighted by Gasteiger charge is 2.62. The molecule has 13 heteroatoms. The van der Waals surface area contributed by atoms with E-state index < -0.39 is 43.1 Å². The molecule has 1 heterocycles. The van der Waals surface area contributed by atoms with E-state index in [1.807, 2.05) is 0 Å². The number of alkyl halides is 6. The third-order valence-electron chi connectivity index (χ3n) is 5.01. The summed E-state index contributed by atoms with van der Waals surface area (Å²) in [5.41, 5.74) is -2.72. The van der Waals surface area contributed by atoms with Crippen LogP contribution in [0.3, 0.4) is 0 Å². The smallest absolute Gasteiger partial charge is 0.374 e. The monoisotopic (exact) mass is 546 g/mol. The lowest BCUT2D eigenvalue weighted by Gasteiger charge is -2.29. The molecule has 0 spiro atoms. The number of halogens is 9. The van der Waals surface area contributed by atoms with Gasteiger partial charge in [-0.3, -0.25) is 4.79 Å². The van der Waals surface area contributed by atoms with Gasteiger partial charge in [-0.2, -0.15) is 26.3 Å². The minimum Gasteiger partial charge on any atom is -0.374 e. The van der Waals surface area contributed by atoms with Crippen LogP contribution in [-0.2, 0) is 21.8 Å². The van der Waals surface area contributed by atoms with Gasteiger partial charge in [-0.1, -0.05) is 46.0 Å². The number of nitrogens with zero attached hydrogens (tertiary/aromatic N) is 1. The lowest BCUT2D eigenvalue weighted by molar-refractivity contribution is -0.275. The van der Waals surface area contributed by atoms with Crippen LogP contribution in [0.1, 0.15) is 36.0 Å². The van der Waals surface area contributed by atoms with Gasteiger partial charge in [-0.25, -0.2) is 0 Å². The van der Waals surface area contributed by atoms with E-state index in [1.54, 1.807) is 0 Å². The molecule has 1 amide bonds. The van der Waals surface area contributed by atoms with E-state index in [0.717, 1.165) is 12.1 Å². The average Bonchev–Trinajstić information content (AvgIpc) is 3.17. The summed E-state index contributed by atoms with van der Waals surface area (Å²) in [6.45, 7) is -0.230. The van der Waals surface area contributed by atoms with Gasteiger partial charge in [-0.15, -0.1) is 0 Å². The largest absolute Gasteiger partial charge is 0.435 e. The van der Waals surface area contributed by atoms with Gasteiger partial charge in [0.1, 0.15) is 0 Å². The van der Waals surface area contributed by atoms with Crippen molar-refractivity contribution in [3.8, 4) is 0 Å². The fraction of sp³-hybridized carbons (Fsp3) is 0.333. The molecular weight excluding hydrogens is 533 g/mol. The van der Waals surface area contributed by atoms with Crippen molar-refractivity contribution >= 4 is 46.4 Å². The first-order valence-corrected chi connectivity index (χ1v) is 10.7. The highest BCUT2D eigenvalue weighted by molar-refractivity contribution is 6.34. The van der Waals surface area contributed by atoms with Gasteiger partial charge in [0, 0.05) is 40.0 Å². The second-order valence-electron chi connectivity index (χ2n) is 7.49. The Labute approximate surface area is 204 Å². The summed E-state index contributed by atoms with van der Waals surface area (Å²) < 4.78 is 79.2. The van der Waals surface area contributed by atoms with Crippen LogP contribution in [0.5, 0.6) is 0 Å². The average molecular weight is 548 g/mol. The molecule has 0 saturated heterocycles. The molecule has 2 aromatic rings. The second-order valence-corrected chi connectivity index (χ2v) is 8.77. The van der Waals surface area contributed by atoms with Crippen molar-refractivity contribution in [2.75, 3.05) is 0 Å². The summed E-state index contributed by atoms with van der Waals surface area (Å²) in [6.07, 6.45) is -12.1. The highest BCUT2D eigenvalue weighted by atomic mass is 35.5. The Morgan fingerprint density at radius 1 is 1.03 bits per heavy atom. The van der Waals surface area contributed by atoms with E-state index in [1.165, 1.54) is 24.3 Å². The molecule has 1 aliphatic heterocycles. The van der Waals surface area contributed by atoms with Crippen LogP contribution >= 0.6 is 34.8 Å². The molecular formula is C21H15Cl3F6N2O2. The van der Waals surface area contributed by atoms with Crippen LogP contribution in [0.2, 0.25) is 15.1 Å². The number of hydrogen-bond acceptors (Lipinski definition) is 3. The Hall–Kier alpha value is -2.17. The SMILES string of the molecule is O=C(CCC(F)(F)F)NCc1cc(C2=NOC(c3cc(Cl)cc(Cl)c3)(C(F)(F)F)C2)ccc1Cl. The Balaban J connectivity index is 1.81. The summed E-state index contributed by atoms with van der Waals surface area (Å²) in [5.74, 6) is -0.853.